The molecule has 0 bridgehead atoms. The molecule has 4 rings (SSSR count). The predicted molar refractivity (Wildman–Crippen MR) is 203 cm³/mol. The van der Waals surface area contributed by atoms with E-state index in [1.54, 1.807) is 36.1 Å². The second-order valence-electron chi connectivity index (χ2n) is 13.9. The van der Waals surface area contributed by atoms with Crippen LogP contribution in [0.4, 0.5) is 5.69 Å². The zero-order valence-electron chi connectivity index (χ0n) is 30.6. The van der Waals surface area contributed by atoms with Crippen molar-refractivity contribution in [2.75, 3.05) is 24.5 Å². The largest absolute Gasteiger partial charge is 0.508 e. The molecule has 1 heterocycles. The number of halogens is 1. The Morgan fingerprint density at radius 2 is 1.56 bits per heavy atom. The number of ketones is 2. The van der Waals surface area contributed by atoms with Crippen LogP contribution in [0.5, 0.6) is 5.75 Å². The topological polar surface area (TPSA) is 150 Å². The third-order valence-corrected chi connectivity index (χ3v) is 10.2. The highest BCUT2D eigenvalue weighted by atomic mass is 35.5. The predicted octanol–water partition coefficient (Wildman–Crippen LogP) is 5.50. The molecule has 2 unspecified atom stereocenters. The Labute approximate surface area is 311 Å². The first kappa shape index (κ1) is 40.2. The molecule has 1 aliphatic rings. The van der Waals surface area contributed by atoms with Crippen molar-refractivity contribution in [3.05, 3.63) is 94.0 Å². The lowest BCUT2D eigenvalue weighted by molar-refractivity contribution is -0.139. The maximum absolute atomic E-state index is 14.0. The van der Waals surface area contributed by atoms with Gasteiger partial charge < -0.3 is 26.0 Å². The average Bonchev–Trinajstić information content (AvgIpc) is 3.13. The summed E-state index contributed by atoms with van der Waals surface area (Å²) < 4.78 is 0. The molecular formula is C41H51ClN4O6. The highest BCUT2D eigenvalue weighted by molar-refractivity contribution is 6.30. The first-order valence-electron chi connectivity index (χ1n) is 18.0. The lowest BCUT2D eigenvalue weighted by Crippen LogP contribution is -2.50. The van der Waals surface area contributed by atoms with Gasteiger partial charge >= 0.3 is 0 Å². The Kier molecular flexibility index (Phi) is 14.5. The van der Waals surface area contributed by atoms with E-state index >= 15 is 0 Å². The van der Waals surface area contributed by atoms with Crippen molar-refractivity contribution in [3.8, 4) is 5.75 Å². The van der Waals surface area contributed by atoms with Gasteiger partial charge in [0.15, 0.2) is 11.6 Å². The number of nitrogens with two attached hydrogens (primary N) is 1. The fourth-order valence-electron chi connectivity index (χ4n) is 6.95. The number of piperidine rings is 1. The molecule has 0 aliphatic carbocycles. The van der Waals surface area contributed by atoms with Crippen LogP contribution < -0.4 is 16.0 Å². The summed E-state index contributed by atoms with van der Waals surface area (Å²) in [5, 5.41) is 13.0. The Morgan fingerprint density at radius 3 is 2.15 bits per heavy atom. The fourth-order valence-corrected chi connectivity index (χ4v) is 7.08. The van der Waals surface area contributed by atoms with Crippen molar-refractivity contribution in [3.63, 3.8) is 0 Å². The van der Waals surface area contributed by atoms with Gasteiger partial charge in [0, 0.05) is 60.9 Å². The van der Waals surface area contributed by atoms with E-state index in [1.165, 1.54) is 0 Å². The molecule has 52 heavy (non-hydrogen) atoms. The zero-order valence-corrected chi connectivity index (χ0v) is 31.3. The van der Waals surface area contributed by atoms with Crippen LogP contribution in [0.2, 0.25) is 5.02 Å². The number of aryl methyl sites for hydroxylation is 2. The molecule has 1 aliphatic heterocycles. The van der Waals surface area contributed by atoms with Gasteiger partial charge in [-0.25, -0.2) is 0 Å². The van der Waals surface area contributed by atoms with E-state index in [-0.39, 0.29) is 61.0 Å². The minimum Gasteiger partial charge on any atom is -0.508 e. The van der Waals surface area contributed by atoms with Crippen LogP contribution in [0, 0.1) is 25.7 Å². The van der Waals surface area contributed by atoms with Crippen LogP contribution in [-0.2, 0) is 36.8 Å². The smallest absolute Gasteiger partial charge is 0.226 e. The van der Waals surface area contributed by atoms with Gasteiger partial charge in [-0.15, -0.1) is 0 Å². The van der Waals surface area contributed by atoms with Gasteiger partial charge in [0.05, 0.1) is 12.6 Å². The van der Waals surface area contributed by atoms with Gasteiger partial charge in [0.2, 0.25) is 17.7 Å². The number of amides is 3. The number of rotatable bonds is 16. The molecule has 0 radical (unpaired) electrons. The van der Waals surface area contributed by atoms with E-state index < -0.39 is 23.8 Å². The van der Waals surface area contributed by atoms with Gasteiger partial charge in [-0.2, -0.15) is 0 Å². The quantitative estimate of drug-likeness (QED) is 0.176. The highest BCUT2D eigenvalue weighted by Crippen LogP contribution is 2.27. The van der Waals surface area contributed by atoms with Crippen molar-refractivity contribution in [2.24, 2.45) is 17.6 Å². The van der Waals surface area contributed by atoms with Crippen molar-refractivity contribution in [2.45, 2.75) is 84.7 Å². The summed E-state index contributed by atoms with van der Waals surface area (Å²) in [4.78, 5) is 69.7. The summed E-state index contributed by atoms with van der Waals surface area (Å²) in [6.07, 6.45) is 2.04. The van der Waals surface area contributed by atoms with Crippen LogP contribution >= 0.6 is 11.6 Å². The third-order valence-electron chi connectivity index (χ3n) is 9.90. The second kappa shape index (κ2) is 18.8. The van der Waals surface area contributed by atoms with Gasteiger partial charge in [-0.3, -0.25) is 24.0 Å². The minimum absolute atomic E-state index is 0.0324. The third kappa shape index (κ3) is 11.0. The lowest BCUT2D eigenvalue weighted by Gasteiger charge is -2.39. The molecule has 3 aromatic rings. The number of para-hydroxylation sites is 1. The maximum atomic E-state index is 14.0. The van der Waals surface area contributed by atoms with E-state index in [2.05, 4.69) is 5.32 Å². The number of Topliss-reactive ketones (excluding diaryl/α,β-unsaturated/α-hetero) is 2. The molecule has 1 fully saturated rings. The van der Waals surface area contributed by atoms with Crippen LogP contribution in [-0.4, -0.2) is 71.0 Å². The number of aromatic hydroxyl groups is 1. The average molecular weight is 731 g/mol. The first-order valence-corrected chi connectivity index (χ1v) is 18.4. The van der Waals surface area contributed by atoms with Crippen LogP contribution in [0.1, 0.15) is 68.2 Å². The second-order valence-corrected chi connectivity index (χ2v) is 14.4. The van der Waals surface area contributed by atoms with Crippen LogP contribution in [0.25, 0.3) is 0 Å². The maximum Gasteiger partial charge on any atom is 0.226 e. The molecule has 0 saturated carbocycles. The van der Waals surface area contributed by atoms with Gasteiger partial charge in [-0.1, -0.05) is 55.8 Å². The SMILES string of the molecule is CCC(=O)N(c1ccccc1)C1CCN(C(=O)C(CC(=O)CNC(=O)[C@H](C)CC(=O)C(N)Cc2c(C)cc(O)cc2C)Cc2ccc(Cl)cc2)CC1. The van der Waals surface area contributed by atoms with E-state index in [4.69, 9.17) is 17.3 Å². The van der Waals surface area contributed by atoms with Crippen molar-refractivity contribution in [1.29, 1.82) is 0 Å². The van der Waals surface area contributed by atoms with Gasteiger partial charge in [-0.05, 0) is 98.2 Å². The van der Waals surface area contributed by atoms with E-state index in [0.29, 0.717) is 43.8 Å². The van der Waals surface area contributed by atoms with Crippen molar-refractivity contribution >= 4 is 46.6 Å². The summed E-state index contributed by atoms with van der Waals surface area (Å²) in [6.45, 7) is 7.78. The summed E-state index contributed by atoms with van der Waals surface area (Å²) in [7, 11) is 0. The number of nitrogens with zero attached hydrogens (tertiary/aromatic N) is 2. The minimum atomic E-state index is -0.822. The summed E-state index contributed by atoms with van der Waals surface area (Å²) >= 11 is 6.10. The fraction of sp³-hybridized carbons (Fsp3) is 0.439. The normalized spacial score (nSPS) is 15.0. The number of hydrogen-bond donors (Lipinski definition) is 3. The molecule has 3 atom stereocenters. The number of nitrogens with one attached hydrogen (secondary N) is 1. The molecule has 11 heteroatoms. The summed E-state index contributed by atoms with van der Waals surface area (Å²) in [6, 6.07) is 19.1. The lowest BCUT2D eigenvalue weighted by atomic mass is 9.91. The molecule has 10 nitrogen and oxygen atoms in total. The molecule has 0 spiro atoms. The first-order chi connectivity index (χ1) is 24.8. The van der Waals surface area contributed by atoms with E-state index in [9.17, 15) is 29.1 Å². The summed E-state index contributed by atoms with van der Waals surface area (Å²) in [5.41, 5.74) is 10.5. The standard InChI is InChI=1S/C41H51ClN4O6/c1-5-39(50)46(32-9-7-6-8-10-32)33-15-17-45(18-16-33)41(52)30(22-29-11-13-31(42)14-12-29)23-35(48)25-44-40(51)28(4)21-38(49)37(43)24-36-26(2)19-34(47)20-27(36)3/h6-14,19-20,28,30,33,37,47H,5,15-18,21-25,43H2,1-4H3,(H,44,51)/t28-,30?,37?/m1/s1. The Morgan fingerprint density at radius 1 is 0.942 bits per heavy atom. The Hall–Kier alpha value is -4.54. The number of carbonyl (C=O) groups is 5. The molecule has 1 saturated heterocycles. The Balaban J connectivity index is 1.34. The molecule has 3 amide bonds. The molecule has 3 aromatic carbocycles. The number of likely N-dealkylation sites (tertiary alicyclic amines) is 1. The van der Waals surface area contributed by atoms with E-state index in [1.807, 2.05) is 68.1 Å². The number of carbonyl (C=O) groups excluding carboxylic acids is 5. The Bertz CT molecular complexity index is 1700. The molecule has 278 valence electrons. The zero-order chi connectivity index (χ0) is 37.9. The van der Waals surface area contributed by atoms with Crippen molar-refractivity contribution < 1.29 is 29.1 Å². The number of hydrogen-bond acceptors (Lipinski definition) is 7. The van der Waals surface area contributed by atoms with Crippen LogP contribution in [0.3, 0.4) is 0 Å². The number of anilines is 1. The number of phenolic OH excluding ortho intramolecular Hbond substituents is 1. The van der Waals surface area contributed by atoms with E-state index in [0.717, 1.165) is 27.9 Å². The van der Waals surface area contributed by atoms with Crippen LogP contribution in [0.15, 0.2) is 66.7 Å². The molecular weight excluding hydrogens is 680 g/mol. The molecule has 0 aromatic heterocycles. The van der Waals surface area contributed by atoms with Gasteiger partial charge in [0.25, 0.3) is 0 Å². The highest BCUT2D eigenvalue weighted by Gasteiger charge is 2.33. The van der Waals surface area contributed by atoms with Gasteiger partial charge in [0.1, 0.15) is 5.75 Å². The molecule has 4 N–H and O–H groups in total. The summed E-state index contributed by atoms with van der Waals surface area (Å²) in [5.74, 6) is -2.35. The number of benzene rings is 3. The van der Waals surface area contributed by atoms with Crippen molar-refractivity contribution in [1.82, 2.24) is 10.2 Å². The monoisotopic (exact) mass is 730 g/mol. The number of phenols is 1.